The molecule has 1 aliphatic carbocycles. The van der Waals surface area contributed by atoms with Crippen molar-refractivity contribution >= 4 is 40.6 Å². The first kappa shape index (κ1) is 22.1. The first-order valence-electron chi connectivity index (χ1n) is 10.8. The lowest BCUT2D eigenvalue weighted by atomic mass is 9.78. The highest BCUT2D eigenvalue weighted by Crippen LogP contribution is 2.42. The molecule has 2 N–H and O–H groups in total. The summed E-state index contributed by atoms with van der Waals surface area (Å²) in [6.45, 7) is 1.94. The second-order valence-electron chi connectivity index (χ2n) is 8.54. The van der Waals surface area contributed by atoms with Crippen LogP contribution in [0.25, 0.3) is 0 Å². The molecule has 4 rings (SSSR count). The lowest BCUT2D eigenvalue weighted by molar-refractivity contribution is -0.121. The largest absolute Gasteiger partial charge is 0.363 e. The molecule has 6 nitrogen and oxygen atoms in total. The van der Waals surface area contributed by atoms with E-state index in [9.17, 15) is 4.79 Å². The molecule has 1 amide bonds. The van der Waals surface area contributed by atoms with Crippen LogP contribution in [0.2, 0.25) is 5.02 Å². The monoisotopic (exact) mass is 449 g/mol. The van der Waals surface area contributed by atoms with Gasteiger partial charge in [-0.1, -0.05) is 36.6 Å². The van der Waals surface area contributed by atoms with Crippen LogP contribution in [-0.4, -0.2) is 30.0 Å². The van der Waals surface area contributed by atoms with E-state index in [0.29, 0.717) is 11.0 Å². The number of nitrogens with zero attached hydrogens (tertiary/aromatic N) is 3. The molecule has 1 fully saturated rings. The van der Waals surface area contributed by atoms with Crippen LogP contribution in [0, 0.1) is 6.92 Å². The van der Waals surface area contributed by atoms with Crippen molar-refractivity contribution in [1.29, 1.82) is 0 Å². The molecule has 3 aromatic rings. The van der Waals surface area contributed by atoms with Gasteiger partial charge in [-0.3, -0.25) is 4.79 Å². The minimum Gasteiger partial charge on any atom is -0.363 e. The predicted molar refractivity (Wildman–Crippen MR) is 131 cm³/mol. The SMILES string of the molecule is Cc1cc(N(C)C)nc(Nc2ccc(NC(=O)C3(c4ccc(Cl)cc4)CCCC3)cc2)n1. The van der Waals surface area contributed by atoms with Gasteiger partial charge in [-0.05, 0) is 61.7 Å². The molecule has 1 heterocycles. The molecule has 166 valence electrons. The third kappa shape index (κ3) is 4.70. The Kier molecular flexibility index (Phi) is 6.33. The summed E-state index contributed by atoms with van der Waals surface area (Å²) in [4.78, 5) is 24.3. The van der Waals surface area contributed by atoms with Crippen LogP contribution in [0.1, 0.15) is 36.9 Å². The summed E-state index contributed by atoms with van der Waals surface area (Å²) < 4.78 is 0. The van der Waals surface area contributed by atoms with Crippen LogP contribution >= 0.6 is 11.6 Å². The van der Waals surface area contributed by atoms with E-state index in [1.165, 1.54) is 0 Å². The quantitative estimate of drug-likeness (QED) is 0.505. The third-order valence-electron chi connectivity index (χ3n) is 5.99. The lowest BCUT2D eigenvalue weighted by Crippen LogP contribution is -2.37. The van der Waals surface area contributed by atoms with Crippen LogP contribution in [0.5, 0.6) is 0 Å². The number of aryl methyl sites for hydroxylation is 1. The van der Waals surface area contributed by atoms with Gasteiger partial charge in [0.15, 0.2) is 0 Å². The molecule has 0 saturated heterocycles. The van der Waals surface area contributed by atoms with Gasteiger partial charge in [0, 0.05) is 42.3 Å². The second-order valence-corrected chi connectivity index (χ2v) is 8.97. The van der Waals surface area contributed by atoms with Crippen molar-refractivity contribution in [3.63, 3.8) is 0 Å². The molecule has 0 aliphatic heterocycles. The summed E-state index contributed by atoms with van der Waals surface area (Å²) in [5.74, 6) is 1.42. The van der Waals surface area contributed by atoms with Crippen LogP contribution in [0.4, 0.5) is 23.1 Å². The second kappa shape index (κ2) is 9.17. The Morgan fingerprint density at radius 3 is 2.22 bits per heavy atom. The van der Waals surface area contributed by atoms with E-state index in [4.69, 9.17) is 11.6 Å². The van der Waals surface area contributed by atoms with Gasteiger partial charge in [0.25, 0.3) is 0 Å². The maximum atomic E-state index is 13.4. The highest BCUT2D eigenvalue weighted by atomic mass is 35.5. The number of nitrogens with one attached hydrogen (secondary N) is 2. The number of hydrogen-bond donors (Lipinski definition) is 2. The fraction of sp³-hybridized carbons (Fsp3) is 0.320. The molecule has 0 spiro atoms. The van der Waals surface area contributed by atoms with Crippen LogP contribution < -0.4 is 15.5 Å². The molecule has 7 heteroatoms. The molecule has 2 aromatic carbocycles. The zero-order chi connectivity index (χ0) is 22.7. The van der Waals surface area contributed by atoms with E-state index in [2.05, 4.69) is 20.6 Å². The van der Waals surface area contributed by atoms with Crippen molar-refractivity contribution in [1.82, 2.24) is 9.97 Å². The highest BCUT2D eigenvalue weighted by molar-refractivity contribution is 6.30. The van der Waals surface area contributed by atoms with Crippen molar-refractivity contribution in [3.05, 3.63) is 70.9 Å². The molecule has 1 aromatic heterocycles. The van der Waals surface area contributed by atoms with Crippen LogP contribution in [0.3, 0.4) is 0 Å². The van der Waals surface area contributed by atoms with E-state index in [1.54, 1.807) is 0 Å². The maximum absolute atomic E-state index is 13.4. The number of amides is 1. The maximum Gasteiger partial charge on any atom is 0.235 e. The van der Waals surface area contributed by atoms with Crippen molar-refractivity contribution in [3.8, 4) is 0 Å². The Balaban J connectivity index is 1.48. The Hall–Kier alpha value is -3.12. The van der Waals surface area contributed by atoms with Gasteiger partial charge in [-0.2, -0.15) is 4.98 Å². The summed E-state index contributed by atoms with van der Waals surface area (Å²) >= 11 is 6.06. The lowest BCUT2D eigenvalue weighted by Gasteiger charge is -2.28. The number of carbonyl (C=O) groups excluding carboxylic acids is 1. The van der Waals surface area contributed by atoms with E-state index in [1.807, 2.05) is 80.5 Å². The summed E-state index contributed by atoms with van der Waals surface area (Å²) in [5.41, 5.74) is 3.04. The van der Waals surface area contributed by atoms with E-state index >= 15 is 0 Å². The molecular formula is C25H28ClN5O. The number of rotatable bonds is 6. The predicted octanol–water partition coefficient (Wildman–Crippen LogP) is 5.70. The Bertz CT molecular complexity index is 1090. The topological polar surface area (TPSA) is 70.2 Å². The highest BCUT2D eigenvalue weighted by Gasteiger charge is 2.42. The average Bonchev–Trinajstić information content (AvgIpc) is 3.26. The fourth-order valence-electron chi connectivity index (χ4n) is 4.25. The van der Waals surface area contributed by atoms with Crippen molar-refractivity contribution < 1.29 is 4.79 Å². The zero-order valence-electron chi connectivity index (χ0n) is 18.7. The van der Waals surface area contributed by atoms with Gasteiger partial charge in [-0.25, -0.2) is 4.98 Å². The van der Waals surface area contributed by atoms with Gasteiger partial charge < -0.3 is 15.5 Å². The van der Waals surface area contributed by atoms with Gasteiger partial charge in [0.2, 0.25) is 11.9 Å². The van der Waals surface area contributed by atoms with E-state index < -0.39 is 5.41 Å². The standard InChI is InChI=1S/C25H28ClN5O/c1-17-16-22(31(2)3)30-24(27-17)29-21-12-10-20(11-13-21)28-23(32)25(14-4-5-15-25)18-6-8-19(26)9-7-18/h6-13,16H,4-5,14-15H2,1-3H3,(H,28,32)(H,27,29,30). The van der Waals surface area contributed by atoms with E-state index in [-0.39, 0.29) is 5.91 Å². The molecule has 1 aliphatic rings. The zero-order valence-corrected chi connectivity index (χ0v) is 19.4. The smallest absolute Gasteiger partial charge is 0.235 e. The summed E-state index contributed by atoms with van der Waals surface area (Å²) in [7, 11) is 3.90. The number of benzene rings is 2. The summed E-state index contributed by atoms with van der Waals surface area (Å²) in [5, 5.41) is 7.05. The molecule has 0 unspecified atom stereocenters. The van der Waals surface area contributed by atoms with Crippen molar-refractivity contribution in [2.24, 2.45) is 0 Å². The minimum atomic E-state index is -0.501. The fourth-order valence-corrected chi connectivity index (χ4v) is 4.37. The first-order valence-corrected chi connectivity index (χ1v) is 11.2. The molecule has 0 bridgehead atoms. The molecule has 32 heavy (non-hydrogen) atoms. The average molecular weight is 450 g/mol. The number of carbonyl (C=O) groups is 1. The Labute approximate surface area is 194 Å². The first-order chi connectivity index (χ1) is 15.4. The molecular weight excluding hydrogens is 422 g/mol. The van der Waals surface area contributed by atoms with Gasteiger partial charge in [0.05, 0.1) is 5.41 Å². The summed E-state index contributed by atoms with van der Waals surface area (Å²) in [6.07, 6.45) is 3.78. The Morgan fingerprint density at radius 1 is 0.969 bits per heavy atom. The van der Waals surface area contributed by atoms with Crippen LogP contribution in [-0.2, 0) is 10.2 Å². The number of halogens is 1. The van der Waals surface area contributed by atoms with Gasteiger partial charge in [-0.15, -0.1) is 0 Å². The third-order valence-corrected chi connectivity index (χ3v) is 6.24. The Morgan fingerprint density at radius 2 is 1.59 bits per heavy atom. The molecule has 0 atom stereocenters. The van der Waals surface area contributed by atoms with E-state index in [0.717, 1.165) is 54.1 Å². The van der Waals surface area contributed by atoms with Gasteiger partial charge in [0.1, 0.15) is 5.82 Å². The molecule has 0 radical (unpaired) electrons. The molecule has 1 saturated carbocycles. The number of anilines is 4. The van der Waals surface area contributed by atoms with Gasteiger partial charge >= 0.3 is 0 Å². The van der Waals surface area contributed by atoms with Crippen LogP contribution in [0.15, 0.2) is 54.6 Å². The number of aromatic nitrogens is 2. The summed E-state index contributed by atoms with van der Waals surface area (Å²) in [6, 6.07) is 17.2. The van der Waals surface area contributed by atoms with Crippen molar-refractivity contribution in [2.45, 2.75) is 38.0 Å². The van der Waals surface area contributed by atoms with Crippen molar-refractivity contribution in [2.75, 3.05) is 29.6 Å². The minimum absolute atomic E-state index is 0.0377. The normalized spacial score (nSPS) is 14.8. The number of hydrogen-bond acceptors (Lipinski definition) is 5.